The number of hydrogen-bond donors (Lipinski definition) is 2. The lowest BCUT2D eigenvalue weighted by molar-refractivity contribution is -0.171. The molecule has 0 radical (unpaired) electrons. The molecule has 2 aliphatic rings. The molecule has 1 atom stereocenters. The third-order valence-electron chi connectivity index (χ3n) is 3.68. The van der Waals surface area contributed by atoms with Crippen LogP contribution in [-0.2, 0) is 4.79 Å². The number of carboxylic acids is 1. The Bertz CT molecular complexity index is 264. The van der Waals surface area contributed by atoms with E-state index in [4.69, 9.17) is 0 Å². The second-order valence-electron chi connectivity index (χ2n) is 4.50. The van der Waals surface area contributed by atoms with Crippen molar-refractivity contribution in [2.75, 3.05) is 0 Å². The van der Waals surface area contributed by atoms with Crippen molar-refractivity contribution in [1.82, 2.24) is 0 Å². The molecule has 3 nitrogen and oxygen atoms in total. The normalized spacial score (nSPS) is 41.8. The van der Waals surface area contributed by atoms with Gasteiger partial charge in [0.05, 0.1) is 11.5 Å². The lowest BCUT2D eigenvalue weighted by Gasteiger charge is -2.47. The molecule has 3 heteroatoms. The highest BCUT2D eigenvalue weighted by atomic mass is 16.4. The summed E-state index contributed by atoms with van der Waals surface area (Å²) in [4.78, 5) is 11.2. The third kappa shape index (κ3) is 1.36. The Balaban J connectivity index is 2.11. The molecule has 0 spiro atoms. The van der Waals surface area contributed by atoms with Gasteiger partial charge < -0.3 is 10.2 Å². The van der Waals surface area contributed by atoms with Gasteiger partial charge in [-0.3, -0.25) is 4.79 Å². The molecule has 14 heavy (non-hydrogen) atoms. The van der Waals surface area contributed by atoms with Gasteiger partial charge in [-0.15, -0.1) is 0 Å². The van der Waals surface area contributed by atoms with Crippen LogP contribution in [0, 0.1) is 11.3 Å². The van der Waals surface area contributed by atoms with Gasteiger partial charge in [-0.25, -0.2) is 0 Å². The van der Waals surface area contributed by atoms with Crippen LogP contribution < -0.4 is 0 Å². The summed E-state index contributed by atoms with van der Waals surface area (Å²) in [5.41, 5.74) is -0.621. The Morgan fingerprint density at radius 1 is 1.36 bits per heavy atom. The van der Waals surface area contributed by atoms with Crippen LogP contribution in [0.3, 0.4) is 0 Å². The van der Waals surface area contributed by atoms with Crippen molar-refractivity contribution >= 4 is 5.97 Å². The zero-order valence-electron chi connectivity index (χ0n) is 8.15. The van der Waals surface area contributed by atoms with Crippen molar-refractivity contribution in [1.29, 1.82) is 0 Å². The van der Waals surface area contributed by atoms with Gasteiger partial charge in [0, 0.05) is 0 Å². The number of carboxylic acid groups (broad SMARTS) is 1. The molecule has 2 aliphatic carbocycles. The first-order valence-electron chi connectivity index (χ1n) is 5.21. The summed E-state index contributed by atoms with van der Waals surface area (Å²) in [6, 6.07) is 0. The van der Waals surface area contributed by atoms with E-state index in [-0.39, 0.29) is 5.92 Å². The lowest BCUT2D eigenvalue weighted by Crippen LogP contribution is -2.52. The predicted octanol–water partition coefficient (Wildman–Crippen LogP) is 1.57. The van der Waals surface area contributed by atoms with Crippen LogP contribution in [0.2, 0.25) is 0 Å². The van der Waals surface area contributed by atoms with Crippen molar-refractivity contribution in [3.8, 4) is 0 Å². The molecule has 0 aromatic rings. The molecule has 0 aliphatic heterocycles. The highest BCUT2D eigenvalue weighted by molar-refractivity contribution is 5.76. The monoisotopic (exact) mass is 196 g/mol. The van der Waals surface area contributed by atoms with Crippen LogP contribution in [0.4, 0.5) is 0 Å². The number of aliphatic hydroxyl groups excluding tert-OH is 1. The smallest absolute Gasteiger partial charge is 0.310 e. The van der Waals surface area contributed by atoms with Crippen LogP contribution in [-0.4, -0.2) is 22.3 Å². The minimum atomic E-state index is -0.719. The van der Waals surface area contributed by atoms with Crippen LogP contribution >= 0.6 is 0 Å². The Hall–Kier alpha value is -0.830. The van der Waals surface area contributed by atoms with Crippen LogP contribution in [0.15, 0.2) is 12.2 Å². The molecule has 0 saturated heterocycles. The van der Waals surface area contributed by atoms with Gasteiger partial charge >= 0.3 is 5.97 Å². The molecule has 1 unspecified atom stereocenters. The van der Waals surface area contributed by atoms with Gasteiger partial charge in [-0.05, 0) is 38.0 Å². The fraction of sp³-hybridized carbons (Fsp3) is 0.727. The Kier molecular flexibility index (Phi) is 2.35. The standard InChI is InChI=1S/C11H16O3/c12-9-6-11(7-9,10(13)14)8-4-2-1-3-5-8/h1-2,8-9,12H,3-7H2,(H,13,14). The predicted molar refractivity (Wildman–Crippen MR) is 51.8 cm³/mol. The maximum Gasteiger partial charge on any atom is 0.310 e. The first kappa shape index (κ1) is 9.71. The van der Waals surface area contributed by atoms with Crippen molar-refractivity contribution in [3.63, 3.8) is 0 Å². The van der Waals surface area contributed by atoms with Crippen molar-refractivity contribution in [2.45, 2.75) is 38.2 Å². The van der Waals surface area contributed by atoms with Crippen molar-refractivity contribution in [3.05, 3.63) is 12.2 Å². The average Bonchev–Trinajstić information content (AvgIpc) is 2.13. The number of allylic oxidation sites excluding steroid dienone is 2. The summed E-state index contributed by atoms with van der Waals surface area (Å²) in [7, 11) is 0. The number of aliphatic hydroxyl groups is 1. The molecule has 0 aromatic carbocycles. The summed E-state index contributed by atoms with van der Waals surface area (Å²) in [6.45, 7) is 0. The SMILES string of the molecule is O=C(O)C1(C2CC=CCC2)CC(O)C1. The first-order chi connectivity index (χ1) is 6.65. The number of hydrogen-bond acceptors (Lipinski definition) is 2. The molecule has 2 rings (SSSR count). The Morgan fingerprint density at radius 2 is 2.07 bits per heavy atom. The summed E-state index contributed by atoms with van der Waals surface area (Å²) >= 11 is 0. The second-order valence-corrected chi connectivity index (χ2v) is 4.50. The molecule has 0 heterocycles. The maximum absolute atomic E-state index is 11.2. The number of carbonyl (C=O) groups is 1. The van der Waals surface area contributed by atoms with E-state index < -0.39 is 17.5 Å². The van der Waals surface area contributed by atoms with E-state index in [1.165, 1.54) is 0 Å². The van der Waals surface area contributed by atoms with Gasteiger partial charge in [-0.2, -0.15) is 0 Å². The van der Waals surface area contributed by atoms with Crippen LogP contribution in [0.1, 0.15) is 32.1 Å². The molecular weight excluding hydrogens is 180 g/mol. The Labute approximate surface area is 83.4 Å². The molecule has 1 saturated carbocycles. The second kappa shape index (κ2) is 3.39. The van der Waals surface area contributed by atoms with Gasteiger partial charge in [0.25, 0.3) is 0 Å². The summed E-state index contributed by atoms with van der Waals surface area (Å²) in [6.07, 6.45) is 7.48. The van der Waals surface area contributed by atoms with Gasteiger partial charge in [-0.1, -0.05) is 12.2 Å². The van der Waals surface area contributed by atoms with E-state index in [9.17, 15) is 15.0 Å². The quantitative estimate of drug-likeness (QED) is 0.659. The van der Waals surface area contributed by atoms with E-state index in [0.717, 1.165) is 19.3 Å². The van der Waals surface area contributed by atoms with Crippen molar-refractivity contribution in [2.24, 2.45) is 11.3 Å². The fourth-order valence-corrected chi connectivity index (χ4v) is 2.76. The highest BCUT2D eigenvalue weighted by Crippen LogP contribution is 2.51. The summed E-state index contributed by atoms with van der Waals surface area (Å²) in [5.74, 6) is -0.489. The van der Waals surface area contributed by atoms with Crippen LogP contribution in [0.25, 0.3) is 0 Å². The average molecular weight is 196 g/mol. The minimum Gasteiger partial charge on any atom is -0.481 e. The summed E-state index contributed by atoms with van der Waals surface area (Å²) in [5, 5.41) is 18.5. The topological polar surface area (TPSA) is 57.5 Å². The molecule has 0 amide bonds. The third-order valence-corrected chi connectivity index (χ3v) is 3.68. The molecule has 1 fully saturated rings. The zero-order chi connectivity index (χ0) is 10.2. The molecule has 0 bridgehead atoms. The molecule has 2 N–H and O–H groups in total. The van der Waals surface area contributed by atoms with Crippen molar-refractivity contribution < 1.29 is 15.0 Å². The molecule has 78 valence electrons. The largest absolute Gasteiger partial charge is 0.481 e. The number of rotatable bonds is 2. The van der Waals surface area contributed by atoms with Gasteiger partial charge in [0.2, 0.25) is 0 Å². The molecule has 0 aromatic heterocycles. The summed E-state index contributed by atoms with van der Waals surface area (Å²) < 4.78 is 0. The highest BCUT2D eigenvalue weighted by Gasteiger charge is 2.54. The maximum atomic E-state index is 11.2. The van der Waals surface area contributed by atoms with E-state index in [2.05, 4.69) is 12.2 Å². The fourth-order valence-electron chi connectivity index (χ4n) is 2.76. The molecular formula is C11H16O3. The van der Waals surface area contributed by atoms with E-state index in [0.29, 0.717) is 12.8 Å². The first-order valence-corrected chi connectivity index (χ1v) is 5.21. The van der Waals surface area contributed by atoms with Gasteiger partial charge in [0.15, 0.2) is 0 Å². The van der Waals surface area contributed by atoms with E-state index in [1.54, 1.807) is 0 Å². The minimum absolute atomic E-state index is 0.230. The van der Waals surface area contributed by atoms with E-state index in [1.807, 2.05) is 0 Å². The Morgan fingerprint density at radius 3 is 2.50 bits per heavy atom. The lowest BCUT2D eigenvalue weighted by atomic mass is 9.57. The van der Waals surface area contributed by atoms with E-state index >= 15 is 0 Å². The van der Waals surface area contributed by atoms with Gasteiger partial charge in [0.1, 0.15) is 0 Å². The zero-order valence-corrected chi connectivity index (χ0v) is 8.15. The number of aliphatic carboxylic acids is 1. The van der Waals surface area contributed by atoms with Crippen LogP contribution in [0.5, 0.6) is 0 Å².